The molecule has 0 bridgehead atoms. The van der Waals surface area contributed by atoms with Gasteiger partial charge in [0, 0.05) is 16.9 Å². The first-order valence-electron chi connectivity index (χ1n) is 7.82. The Kier molecular flexibility index (Phi) is 5.62. The van der Waals surface area contributed by atoms with E-state index in [9.17, 15) is 13.2 Å². The highest BCUT2D eigenvalue weighted by Crippen LogP contribution is 2.18. The van der Waals surface area contributed by atoms with Crippen molar-refractivity contribution in [1.29, 1.82) is 0 Å². The molecule has 0 saturated carbocycles. The summed E-state index contributed by atoms with van der Waals surface area (Å²) in [4.78, 5) is 12.3. The van der Waals surface area contributed by atoms with E-state index in [1.54, 1.807) is 25.1 Å². The quantitative estimate of drug-likeness (QED) is 0.835. The predicted octanol–water partition coefficient (Wildman–Crippen LogP) is 3.82. The van der Waals surface area contributed by atoms with Gasteiger partial charge in [-0.1, -0.05) is 32.0 Å². The van der Waals surface area contributed by atoms with E-state index < -0.39 is 10.0 Å². The van der Waals surface area contributed by atoms with Crippen molar-refractivity contribution < 1.29 is 13.2 Å². The third kappa shape index (κ3) is 4.83. The molecule has 2 aromatic rings. The second-order valence-electron chi connectivity index (χ2n) is 5.82. The molecule has 2 N–H and O–H groups in total. The summed E-state index contributed by atoms with van der Waals surface area (Å²) in [5, 5.41) is 2.81. The van der Waals surface area contributed by atoms with Crippen LogP contribution >= 0.6 is 0 Å². The second kappa shape index (κ2) is 7.49. The van der Waals surface area contributed by atoms with Gasteiger partial charge in [0.2, 0.25) is 10.0 Å². The van der Waals surface area contributed by atoms with Crippen molar-refractivity contribution in [2.45, 2.75) is 26.7 Å². The van der Waals surface area contributed by atoms with Crippen molar-refractivity contribution in [3.63, 3.8) is 0 Å². The first-order valence-corrected chi connectivity index (χ1v) is 9.48. The molecular weight excluding hydrogens is 324 g/mol. The number of hydrogen-bond acceptors (Lipinski definition) is 3. The monoisotopic (exact) mass is 346 g/mol. The summed E-state index contributed by atoms with van der Waals surface area (Å²) < 4.78 is 25.7. The maximum atomic E-state index is 12.3. The minimum absolute atomic E-state index is 0.0222. The van der Waals surface area contributed by atoms with Gasteiger partial charge < -0.3 is 5.32 Å². The number of hydrogen-bond donors (Lipinski definition) is 2. The van der Waals surface area contributed by atoms with Crippen LogP contribution in [0.4, 0.5) is 11.4 Å². The van der Waals surface area contributed by atoms with Gasteiger partial charge in [0.25, 0.3) is 5.91 Å². The second-order valence-corrected chi connectivity index (χ2v) is 7.83. The highest BCUT2D eigenvalue weighted by atomic mass is 32.2. The van der Waals surface area contributed by atoms with E-state index in [0.29, 0.717) is 22.9 Å². The molecule has 0 saturated heterocycles. The summed E-state index contributed by atoms with van der Waals surface area (Å²) in [6.45, 7) is 5.77. The first-order chi connectivity index (χ1) is 11.3. The molecule has 2 rings (SSSR count). The molecule has 0 heterocycles. The summed E-state index contributed by atoms with van der Waals surface area (Å²) in [7, 11) is -3.37. The third-order valence-electron chi connectivity index (χ3n) is 3.61. The Morgan fingerprint density at radius 2 is 1.71 bits per heavy atom. The number of benzene rings is 2. The summed E-state index contributed by atoms with van der Waals surface area (Å²) >= 11 is 0. The highest BCUT2D eigenvalue weighted by molar-refractivity contribution is 7.92. The lowest BCUT2D eigenvalue weighted by atomic mass is 10.0. The van der Waals surface area contributed by atoms with Crippen LogP contribution in [0.5, 0.6) is 0 Å². The van der Waals surface area contributed by atoms with Crippen LogP contribution in [0.3, 0.4) is 0 Å². The lowest BCUT2D eigenvalue weighted by molar-refractivity contribution is 0.102. The molecular formula is C18H22N2O3S. The molecule has 0 aliphatic rings. The van der Waals surface area contributed by atoms with Gasteiger partial charge in [0.05, 0.1) is 5.75 Å². The van der Waals surface area contributed by atoms with Gasteiger partial charge >= 0.3 is 0 Å². The Hall–Kier alpha value is -2.34. The Morgan fingerprint density at radius 1 is 1.04 bits per heavy atom. The standard InChI is InChI=1S/C18H22N2O3S/c1-4-24(22,23)20-17-7-5-6-15(12-17)18(21)19-16-10-8-14(9-11-16)13(2)3/h5-13,20H,4H2,1-3H3,(H,19,21). The average Bonchev–Trinajstić information content (AvgIpc) is 2.55. The first kappa shape index (κ1) is 18.0. The maximum absolute atomic E-state index is 12.3. The van der Waals surface area contributed by atoms with E-state index >= 15 is 0 Å². The van der Waals surface area contributed by atoms with Crippen molar-refractivity contribution in [2.24, 2.45) is 0 Å². The number of anilines is 2. The molecule has 1 amide bonds. The molecule has 0 aliphatic carbocycles. The fourth-order valence-corrected chi connectivity index (χ4v) is 2.76. The smallest absolute Gasteiger partial charge is 0.255 e. The molecule has 0 spiro atoms. The molecule has 5 nitrogen and oxygen atoms in total. The number of sulfonamides is 1. The van der Waals surface area contributed by atoms with E-state index in [0.717, 1.165) is 0 Å². The fourth-order valence-electron chi connectivity index (χ4n) is 2.13. The lowest BCUT2D eigenvalue weighted by Crippen LogP contribution is -2.16. The van der Waals surface area contributed by atoms with Crippen molar-refractivity contribution in [3.05, 3.63) is 59.7 Å². The topological polar surface area (TPSA) is 75.3 Å². The Labute approximate surface area is 143 Å². The van der Waals surface area contributed by atoms with E-state index in [1.165, 1.54) is 11.6 Å². The zero-order valence-corrected chi connectivity index (χ0v) is 14.9. The molecule has 0 fully saturated rings. The van der Waals surface area contributed by atoms with Crippen LogP contribution in [0.1, 0.15) is 42.6 Å². The van der Waals surface area contributed by atoms with Crippen LogP contribution in [0.2, 0.25) is 0 Å². The van der Waals surface area contributed by atoms with Crippen LogP contribution in [0, 0.1) is 0 Å². The third-order valence-corrected chi connectivity index (χ3v) is 4.92. The molecule has 24 heavy (non-hydrogen) atoms. The van der Waals surface area contributed by atoms with Gasteiger partial charge in [0.15, 0.2) is 0 Å². The van der Waals surface area contributed by atoms with Crippen LogP contribution in [-0.2, 0) is 10.0 Å². The number of carbonyl (C=O) groups is 1. The van der Waals surface area contributed by atoms with Gasteiger partial charge in [-0.15, -0.1) is 0 Å². The zero-order valence-electron chi connectivity index (χ0n) is 14.0. The maximum Gasteiger partial charge on any atom is 0.255 e. The number of rotatable bonds is 6. The van der Waals surface area contributed by atoms with E-state index in [4.69, 9.17) is 0 Å². The lowest BCUT2D eigenvalue weighted by Gasteiger charge is -2.10. The van der Waals surface area contributed by atoms with Crippen LogP contribution in [-0.4, -0.2) is 20.1 Å². The van der Waals surface area contributed by atoms with Gasteiger partial charge in [0.1, 0.15) is 0 Å². The molecule has 0 unspecified atom stereocenters. The summed E-state index contributed by atoms with van der Waals surface area (Å²) in [6.07, 6.45) is 0. The van der Waals surface area contributed by atoms with Crippen molar-refractivity contribution >= 4 is 27.3 Å². The molecule has 0 atom stereocenters. The minimum atomic E-state index is -3.37. The summed E-state index contributed by atoms with van der Waals surface area (Å²) in [5.74, 6) is 0.119. The summed E-state index contributed by atoms with van der Waals surface area (Å²) in [6, 6.07) is 14.1. The van der Waals surface area contributed by atoms with Crippen LogP contribution in [0.15, 0.2) is 48.5 Å². The Bertz CT molecular complexity index is 812. The van der Waals surface area contributed by atoms with Crippen molar-refractivity contribution in [2.75, 3.05) is 15.8 Å². The number of amides is 1. The van der Waals surface area contributed by atoms with Crippen LogP contribution in [0.25, 0.3) is 0 Å². The number of carbonyl (C=O) groups excluding carboxylic acids is 1. The van der Waals surface area contributed by atoms with E-state index in [2.05, 4.69) is 23.9 Å². The summed E-state index contributed by atoms with van der Waals surface area (Å²) in [5.41, 5.74) is 2.66. The largest absolute Gasteiger partial charge is 0.322 e. The Morgan fingerprint density at radius 3 is 2.29 bits per heavy atom. The molecule has 0 radical (unpaired) electrons. The molecule has 6 heteroatoms. The van der Waals surface area contributed by atoms with Gasteiger partial charge in [-0.3, -0.25) is 9.52 Å². The zero-order chi connectivity index (χ0) is 17.7. The van der Waals surface area contributed by atoms with Gasteiger partial charge in [-0.2, -0.15) is 0 Å². The molecule has 0 aliphatic heterocycles. The van der Waals surface area contributed by atoms with Crippen molar-refractivity contribution in [3.8, 4) is 0 Å². The highest BCUT2D eigenvalue weighted by Gasteiger charge is 2.10. The number of nitrogens with one attached hydrogen (secondary N) is 2. The predicted molar refractivity (Wildman–Crippen MR) is 98.0 cm³/mol. The SMILES string of the molecule is CCS(=O)(=O)Nc1cccc(C(=O)Nc2ccc(C(C)C)cc2)c1. The van der Waals surface area contributed by atoms with Gasteiger partial charge in [-0.05, 0) is 48.7 Å². The molecule has 128 valence electrons. The fraction of sp³-hybridized carbons (Fsp3) is 0.278. The minimum Gasteiger partial charge on any atom is -0.322 e. The average molecular weight is 346 g/mol. The van der Waals surface area contributed by atoms with E-state index in [1.807, 2.05) is 24.3 Å². The molecule has 2 aromatic carbocycles. The van der Waals surface area contributed by atoms with E-state index in [-0.39, 0.29) is 11.7 Å². The van der Waals surface area contributed by atoms with Crippen LogP contribution < -0.4 is 10.0 Å². The molecule has 0 aromatic heterocycles. The normalized spacial score (nSPS) is 11.3. The van der Waals surface area contributed by atoms with Crippen molar-refractivity contribution in [1.82, 2.24) is 0 Å². The van der Waals surface area contributed by atoms with Gasteiger partial charge in [-0.25, -0.2) is 8.42 Å². The Balaban J connectivity index is 2.12.